The molecule has 0 fully saturated rings. The summed E-state index contributed by atoms with van der Waals surface area (Å²) in [6.45, 7) is 5.48. The van der Waals surface area contributed by atoms with Crippen LogP contribution in [0.4, 0.5) is 0 Å². The van der Waals surface area contributed by atoms with Crippen molar-refractivity contribution in [3.63, 3.8) is 0 Å². The number of thioether (sulfide) groups is 1. The number of nitrogens with two attached hydrogens (primary N) is 1. The van der Waals surface area contributed by atoms with E-state index in [1.54, 1.807) is 24.4 Å². The molecule has 0 radical (unpaired) electrons. The Morgan fingerprint density at radius 1 is 1.12 bits per heavy atom. The monoisotopic (exact) mass is 429 g/mol. The van der Waals surface area contributed by atoms with E-state index in [2.05, 4.69) is 30.2 Å². The van der Waals surface area contributed by atoms with Crippen molar-refractivity contribution >= 4 is 54.9 Å². The van der Waals surface area contributed by atoms with Crippen molar-refractivity contribution < 1.29 is 0 Å². The molecule has 0 saturated carbocycles. The molecule has 0 bridgehead atoms. The van der Waals surface area contributed by atoms with Crippen molar-refractivity contribution in [2.75, 3.05) is 18.8 Å². The average Bonchev–Trinajstić information content (AvgIpc) is 3.08. The number of nitrogens with one attached hydrogen (secondary N) is 3. The third-order valence-corrected chi connectivity index (χ3v) is 4.24. The van der Waals surface area contributed by atoms with Gasteiger partial charge in [-0.15, -0.1) is 37.2 Å². The number of H-pyrrole nitrogens is 2. The highest BCUT2D eigenvalue weighted by Crippen LogP contribution is 2.11. The summed E-state index contributed by atoms with van der Waals surface area (Å²) in [6, 6.07) is 0. The van der Waals surface area contributed by atoms with Gasteiger partial charge in [-0.25, -0.2) is 9.97 Å². The summed E-state index contributed by atoms with van der Waals surface area (Å²) in [5.74, 6) is 2.31. The number of rotatable bonds is 8. The van der Waals surface area contributed by atoms with Gasteiger partial charge < -0.3 is 21.0 Å². The second-order valence-electron chi connectivity index (χ2n) is 4.94. The highest BCUT2D eigenvalue weighted by molar-refractivity contribution is 7.98. The summed E-state index contributed by atoms with van der Waals surface area (Å²) in [6.07, 6.45) is 4.27. The van der Waals surface area contributed by atoms with Crippen LogP contribution < -0.4 is 11.1 Å². The Hall–Kier alpha value is -1.09. The number of aryl methyl sites for hydroxylation is 2. The minimum atomic E-state index is 0. The summed E-state index contributed by atoms with van der Waals surface area (Å²) < 4.78 is 0. The molecule has 0 saturated heterocycles. The standard InChI is InChI=1S/C14H23N7S.3ClH/c1-10-12(20-8-18-10)3-4-16-14(15)17-5-6-22-7-13-11(2)19-9-21-13;;;/h8-9H,3-7H2,1-2H3,(H,18,20)(H,19,21)(H3,15,16,17);3*1H. The summed E-state index contributed by atoms with van der Waals surface area (Å²) in [5, 5.41) is 3.11. The first-order chi connectivity index (χ1) is 10.7. The zero-order valence-electron chi connectivity index (χ0n) is 14.2. The second-order valence-corrected chi connectivity index (χ2v) is 6.05. The molecule has 25 heavy (non-hydrogen) atoms. The Morgan fingerprint density at radius 2 is 1.72 bits per heavy atom. The van der Waals surface area contributed by atoms with Gasteiger partial charge in [-0.3, -0.25) is 4.99 Å². The fourth-order valence-corrected chi connectivity index (χ4v) is 2.79. The van der Waals surface area contributed by atoms with Gasteiger partial charge in [0.15, 0.2) is 5.96 Å². The molecule has 0 aliphatic rings. The molecule has 7 nitrogen and oxygen atoms in total. The maximum atomic E-state index is 5.84. The first-order valence-electron chi connectivity index (χ1n) is 7.26. The molecule has 0 amide bonds. The van der Waals surface area contributed by atoms with Crippen LogP contribution in [0.25, 0.3) is 0 Å². The number of aromatic nitrogens is 4. The SMILES string of the molecule is Cc1[nH]cnc1CCNC(N)=NCCSCc1nc[nH]c1C.Cl.Cl.Cl. The first kappa shape index (κ1) is 26.1. The van der Waals surface area contributed by atoms with Gasteiger partial charge in [-0.1, -0.05) is 0 Å². The number of aromatic amines is 2. The van der Waals surface area contributed by atoms with Gasteiger partial charge in [0.1, 0.15) is 0 Å². The van der Waals surface area contributed by atoms with Crippen molar-refractivity contribution in [2.45, 2.75) is 26.0 Å². The van der Waals surface area contributed by atoms with Gasteiger partial charge in [0.25, 0.3) is 0 Å². The molecule has 2 rings (SSSR count). The normalized spacial score (nSPS) is 10.4. The molecule has 2 aromatic rings. The molecule has 0 aliphatic heterocycles. The molecule has 144 valence electrons. The molecule has 0 spiro atoms. The van der Waals surface area contributed by atoms with Crippen molar-refractivity contribution in [1.82, 2.24) is 25.3 Å². The van der Waals surface area contributed by atoms with Crippen LogP contribution in [0.2, 0.25) is 0 Å². The third kappa shape index (κ3) is 9.25. The Morgan fingerprint density at radius 3 is 2.28 bits per heavy atom. The van der Waals surface area contributed by atoms with Crippen molar-refractivity contribution in [3.05, 3.63) is 35.4 Å². The number of hydrogen-bond donors (Lipinski definition) is 4. The van der Waals surface area contributed by atoms with E-state index in [-0.39, 0.29) is 37.2 Å². The summed E-state index contributed by atoms with van der Waals surface area (Å²) in [7, 11) is 0. The maximum Gasteiger partial charge on any atom is 0.188 e. The van der Waals surface area contributed by atoms with E-state index < -0.39 is 0 Å². The van der Waals surface area contributed by atoms with Gasteiger partial charge in [0.05, 0.1) is 30.6 Å². The van der Waals surface area contributed by atoms with Gasteiger partial charge in [0, 0.05) is 35.9 Å². The summed E-state index contributed by atoms with van der Waals surface area (Å²) in [5.41, 5.74) is 10.2. The minimum Gasteiger partial charge on any atom is -0.370 e. The topological polar surface area (TPSA) is 108 Å². The fraction of sp³-hybridized carbons (Fsp3) is 0.500. The predicted octanol–water partition coefficient (Wildman–Crippen LogP) is 2.40. The number of aliphatic imine (C=N–C) groups is 1. The summed E-state index contributed by atoms with van der Waals surface area (Å²) in [4.78, 5) is 19.0. The molecular weight excluding hydrogens is 405 g/mol. The highest BCUT2D eigenvalue weighted by atomic mass is 35.5. The number of imidazole rings is 2. The van der Waals surface area contributed by atoms with Crippen LogP contribution in [-0.2, 0) is 12.2 Å². The molecule has 0 aliphatic carbocycles. The Bertz CT molecular complexity index is 615. The number of nitrogens with zero attached hydrogens (tertiary/aromatic N) is 3. The third-order valence-electron chi connectivity index (χ3n) is 3.29. The lowest BCUT2D eigenvalue weighted by atomic mass is 10.2. The Balaban J connectivity index is 0. The van der Waals surface area contributed by atoms with E-state index in [0.29, 0.717) is 12.5 Å². The first-order valence-corrected chi connectivity index (χ1v) is 8.41. The second kappa shape index (κ2) is 14.1. The minimum absolute atomic E-state index is 0. The molecule has 0 unspecified atom stereocenters. The molecule has 11 heteroatoms. The van der Waals surface area contributed by atoms with E-state index in [4.69, 9.17) is 5.73 Å². The van der Waals surface area contributed by atoms with Crippen LogP contribution in [0.1, 0.15) is 22.8 Å². The van der Waals surface area contributed by atoms with Gasteiger partial charge in [-0.05, 0) is 13.8 Å². The van der Waals surface area contributed by atoms with Crippen LogP contribution in [0, 0.1) is 13.8 Å². The summed E-state index contributed by atoms with van der Waals surface area (Å²) >= 11 is 1.80. The highest BCUT2D eigenvalue weighted by Gasteiger charge is 2.01. The maximum absolute atomic E-state index is 5.84. The van der Waals surface area contributed by atoms with E-state index in [0.717, 1.165) is 47.2 Å². The zero-order chi connectivity index (χ0) is 15.8. The molecule has 0 atom stereocenters. The van der Waals surface area contributed by atoms with Gasteiger partial charge in [-0.2, -0.15) is 11.8 Å². The van der Waals surface area contributed by atoms with Crippen LogP contribution in [0.5, 0.6) is 0 Å². The molecule has 2 heterocycles. The van der Waals surface area contributed by atoms with E-state index >= 15 is 0 Å². The fourth-order valence-electron chi connectivity index (χ4n) is 1.94. The number of hydrogen-bond acceptors (Lipinski definition) is 4. The van der Waals surface area contributed by atoms with Crippen LogP contribution >= 0.6 is 49.0 Å². The van der Waals surface area contributed by atoms with E-state index in [1.807, 2.05) is 13.8 Å². The van der Waals surface area contributed by atoms with Crippen molar-refractivity contribution in [2.24, 2.45) is 10.7 Å². The number of halogens is 3. The van der Waals surface area contributed by atoms with E-state index in [1.165, 1.54) is 0 Å². The zero-order valence-corrected chi connectivity index (χ0v) is 17.5. The molecule has 5 N–H and O–H groups in total. The quantitative estimate of drug-likeness (QED) is 0.292. The van der Waals surface area contributed by atoms with Gasteiger partial charge in [0.2, 0.25) is 0 Å². The molecule has 0 aromatic carbocycles. The molecular formula is C14H26Cl3N7S. The van der Waals surface area contributed by atoms with Gasteiger partial charge >= 0.3 is 0 Å². The van der Waals surface area contributed by atoms with Crippen LogP contribution in [-0.4, -0.2) is 44.7 Å². The van der Waals surface area contributed by atoms with Crippen molar-refractivity contribution in [1.29, 1.82) is 0 Å². The van der Waals surface area contributed by atoms with Crippen LogP contribution in [0.15, 0.2) is 17.6 Å². The van der Waals surface area contributed by atoms with Crippen LogP contribution in [0.3, 0.4) is 0 Å². The van der Waals surface area contributed by atoms with E-state index in [9.17, 15) is 0 Å². The Kier molecular flexibility index (Phi) is 14.8. The Labute approximate surface area is 171 Å². The predicted molar refractivity (Wildman–Crippen MR) is 113 cm³/mol. The molecule has 2 aromatic heterocycles. The lowest BCUT2D eigenvalue weighted by molar-refractivity contribution is 0.830. The van der Waals surface area contributed by atoms with Crippen molar-refractivity contribution in [3.8, 4) is 0 Å². The lowest BCUT2D eigenvalue weighted by Crippen LogP contribution is -2.33. The number of guanidine groups is 1. The smallest absolute Gasteiger partial charge is 0.188 e. The largest absolute Gasteiger partial charge is 0.370 e. The average molecular weight is 431 g/mol. The lowest BCUT2D eigenvalue weighted by Gasteiger charge is -2.05.